The molecule has 3 aromatic rings. The summed E-state index contributed by atoms with van der Waals surface area (Å²) in [5.74, 6) is 2.11. The first kappa shape index (κ1) is 20.9. The van der Waals surface area contributed by atoms with E-state index in [-0.39, 0.29) is 5.91 Å². The lowest BCUT2D eigenvalue weighted by atomic mass is 10.2. The van der Waals surface area contributed by atoms with Crippen molar-refractivity contribution in [2.45, 2.75) is 52.5 Å². The number of fused-ring (bicyclic) bond motifs is 1. The first-order valence-electron chi connectivity index (χ1n) is 10.5. The van der Waals surface area contributed by atoms with Crippen molar-refractivity contribution in [1.82, 2.24) is 14.9 Å². The summed E-state index contributed by atoms with van der Waals surface area (Å²) in [6.45, 7) is 5.97. The Balaban J connectivity index is 1.54. The van der Waals surface area contributed by atoms with E-state index in [1.165, 1.54) is 11.1 Å². The number of hydrogen-bond acceptors (Lipinski definition) is 3. The molecule has 1 N–H and O–H groups in total. The van der Waals surface area contributed by atoms with Crippen LogP contribution in [-0.2, 0) is 17.8 Å². The van der Waals surface area contributed by atoms with E-state index in [1.54, 1.807) is 6.92 Å². The summed E-state index contributed by atoms with van der Waals surface area (Å²) in [5, 5.41) is 2.85. The summed E-state index contributed by atoms with van der Waals surface area (Å²) in [6.07, 6.45) is 5.05. The molecule has 0 bridgehead atoms. The van der Waals surface area contributed by atoms with Crippen molar-refractivity contribution in [2.24, 2.45) is 0 Å². The lowest BCUT2D eigenvalue weighted by Crippen LogP contribution is -2.20. The van der Waals surface area contributed by atoms with Crippen LogP contribution in [0.2, 0.25) is 0 Å². The van der Waals surface area contributed by atoms with Gasteiger partial charge in [0, 0.05) is 26.4 Å². The first-order valence-corrected chi connectivity index (χ1v) is 10.5. The van der Waals surface area contributed by atoms with E-state index in [0.29, 0.717) is 6.61 Å². The second-order valence-corrected chi connectivity index (χ2v) is 7.48. The minimum Gasteiger partial charge on any atom is -0.494 e. The van der Waals surface area contributed by atoms with Crippen LogP contribution in [0.1, 0.15) is 44.0 Å². The standard InChI is InChI=1S/C24H31N3O2/c1-19-10-8-11-21(18-19)29-17-9-16-27-23-13-6-5-12-22(23)26-24(27)14-4-3-7-15-25-20(2)28/h5-6,8,10-13,18H,3-4,7,9,14-17H2,1-2H3,(H,25,28). The Labute approximate surface area is 173 Å². The third-order valence-corrected chi connectivity index (χ3v) is 4.97. The number of benzene rings is 2. The van der Waals surface area contributed by atoms with E-state index in [9.17, 15) is 4.79 Å². The van der Waals surface area contributed by atoms with Crippen LogP contribution in [0.5, 0.6) is 5.75 Å². The van der Waals surface area contributed by atoms with Crippen LogP contribution < -0.4 is 10.1 Å². The molecule has 0 radical (unpaired) electrons. The van der Waals surface area contributed by atoms with Gasteiger partial charge in [-0.2, -0.15) is 0 Å². The van der Waals surface area contributed by atoms with Crippen molar-refractivity contribution in [3.8, 4) is 5.75 Å². The van der Waals surface area contributed by atoms with Gasteiger partial charge in [-0.1, -0.05) is 30.7 Å². The summed E-state index contributed by atoms with van der Waals surface area (Å²) in [4.78, 5) is 15.8. The number of rotatable bonds is 11. The lowest BCUT2D eigenvalue weighted by molar-refractivity contribution is -0.118. The molecule has 0 saturated heterocycles. The molecule has 5 heteroatoms. The Kier molecular flexibility index (Phi) is 7.68. The number of nitrogens with one attached hydrogen (secondary N) is 1. The summed E-state index contributed by atoms with van der Waals surface area (Å²) >= 11 is 0. The molecule has 5 nitrogen and oxygen atoms in total. The summed E-state index contributed by atoms with van der Waals surface area (Å²) in [5.41, 5.74) is 3.46. The van der Waals surface area contributed by atoms with E-state index in [2.05, 4.69) is 47.1 Å². The molecule has 3 rings (SSSR count). The molecule has 0 atom stereocenters. The quantitative estimate of drug-likeness (QED) is 0.482. The third kappa shape index (κ3) is 6.34. The predicted octanol–water partition coefficient (Wildman–Crippen LogP) is 4.66. The SMILES string of the molecule is CC(=O)NCCCCCc1nc2ccccc2n1CCCOc1cccc(C)c1. The molecule has 0 unspecified atom stereocenters. The highest BCUT2D eigenvalue weighted by atomic mass is 16.5. The maximum atomic E-state index is 10.9. The van der Waals surface area contributed by atoms with Crippen molar-refractivity contribution in [2.75, 3.05) is 13.2 Å². The predicted molar refractivity (Wildman–Crippen MR) is 117 cm³/mol. The number of carbonyl (C=O) groups excluding carboxylic acids is 1. The molecule has 2 aromatic carbocycles. The van der Waals surface area contributed by atoms with Gasteiger partial charge < -0.3 is 14.6 Å². The van der Waals surface area contributed by atoms with Crippen molar-refractivity contribution in [1.29, 1.82) is 0 Å². The molecule has 1 heterocycles. The molecule has 1 amide bonds. The van der Waals surface area contributed by atoms with E-state index in [4.69, 9.17) is 9.72 Å². The van der Waals surface area contributed by atoms with Crippen LogP contribution in [-0.4, -0.2) is 28.6 Å². The highest BCUT2D eigenvalue weighted by Gasteiger charge is 2.10. The normalized spacial score (nSPS) is 11.0. The van der Waals surface area contributed by atoms with E-state index < -0.39 is 0 Å². The Morgan fingerprint density at radius 2 is 1.93 bits per heavy atom. The molecular formula is C24H31N3O2. The largest absolute Gasteiger partial charge is 0.494 e. The number of hydrogen-bond donors (Lipinski definition) is 1. The zero-order valence-electron chi connectivity index (χ0n) is 17.5. The number of ether oxygens (including phenoxy) is 1. The van der Waals surface area contributed by atoms with Gasteiger partial charge in [0.25, 0.3) is 0 Å². The molecule has 154 valence electrons. The van der Waals surface area contributed by atoms with E-state index in [1.807, 2.05) is 18.2 Å². The van der Waals surface area contributed by atoms with Crippen molar-refractivity contribution in [3.05, 3.63) is 59.9 Å². The Hall–Kier alpha value is -2.82. The van der Waals surface area contributed by atoms with Gasteiger partial charge >= 0.3 is 0 Å². The second-order valence-electron chi connectivity index (χ2n) is 7.48. The fourth-order valence-electron chi connectivity index (χ4n) is 3.53. The number of carbonyl (C=O) groups is 1. The summed E-state index contributed by atoms with van der Waals surface area (Å²) < 4.78 is 8.25. The van der Waals surface area contributed by atoms with Crippen LogP contribution in [0.4, 0.5) is 0 Å². The van der Waals surface area contributed by atoms with Crippen LogP contribution in [0.25, 0.3) is 11.0 Å². The fourth-order valence-corrected chi connectivity index (χ4v) is 3.53. The van der Waals surface area contributed by atoms with Gasteiger partial charge in [-0.15, -0.1) is 0 Å². The molecule has 0 spiro atoms. The van der Waals surface area contributed by atoms with Crippen LogP contribution >= 0.6 is 0 Å². The van der Waals surface area contributed by atoms with Gasteiger partial charge in [0.05, 0.1) is 17.6 Å². The summed E-state index contributed by atoms with van der Waals surface area (Å²) in [6, 6.07) is 16.5. The molecule has 29 heavy (non-hydrogen) atoms. The fraction of sp³-hybridized carbons (Fsp3) is 0.417. The van der Waals surface area contributed by atoms with Crippen molar-refractivity contribution < 1.29 is 9.53 Å². The van der Waals surface area contributed by atoms with Crippen LogP contribution in [0.15, 0.2) is 48.5 Å². The Morgan fingerprint density at radius 3 is 2.76 bits per heavy atom. The van der Waals surface area contributed by atoms with Gasteiger partial charge in [-0.25, -0.2) is 4.98 Å². The number of amides is 1. The number of para-hydroxylation sites is 2. The monoisotopic (exact) mass is 393 g/mol. The smallest absolute Gasteiger partial charge is 0.216 e. The average Bonchev–Trinajstić information content (AvgIpc) is 3.05. The average molecular weight is 394 g/mol. The zero-order valence-corrected chi connectivity index (χ0v) is 17.5. The van der Waals surface area contributed by atoms with Crippen molar-refractivity contribution in [3.63, 3.8) is 0 Å². The number of unbranched alkanes of at least 4 members (excludes halogenated alkanes) is 2. The molecule has 0 aliphatic heterocycles. The molecule has 0 saturated carbocycles. The molecular weight excluding hydrogens is 362 g/mol. The molecule has 0 fully saturated rings. The molecule has 0 aliphatic rings. The first-order chi connectivity index (χ1) is 14.1. The van der Waals surface area contributed by atoms with Gasteiger partial charge in [-0.05, 0) is 56.0 Å². The summed E-state index contributed by atoms with van der Waals surface area (Å²) in [7, 11) is 0. The van der Waals surface area contributed by atoms with E-state index in [0.717, 1.165) is 62.3 Å². The van der Waals surface area contributed by atoms with Gasteiger partial charge in [0.1, 0.15) is 11.6 Å². The molecule has 0 aliphatic carbocycles. The highest BCUT2D eigenvalue weighted by molar-refractivity contribution is 5.75. The number of aromatic nitrogens is 2. The topological polar surface area (TPSA) is 56.2 Å². The number of nitrogens with zero attached hydrogens (tertiary/aromatic N) is 2. The highest BCUT2D eigenvalue weighted by Crippen LogP contribution is 2.19. The van der Waals surface area contributed by atoms with E-state index >= 15 is 0 Å². The second kappa shape index (κ2) is 10.6. The third-order valence-electron chi connectivity index (χ3n) is 4.97. The van der Waals surface area contributed by atoms with Crippen LogP contribution in [0.3, 0.4) is 0 Å². The van der Waals surface area contributed by atoms with Gasteiger partial charge in [-0.3, -0.25) is 4.79 Å². The Morgan fingerprint density at radius 1 is 1.07 bits per heavy atom. The van der Waals surface area contributed by atoms with Gasteiger partial charge in [0.2, 0.25) is 5.91 Å². The maximum absolute atomic E-state index is 10.9. The van der Waals surface area contributed by atoms with Crippen molar-refractivity contribution >= 4 is 16.9 Å². The minimum absolute atomic E-state index is 0.0414. The molecule has 1 aromatic heterocycles. The zero-order chi connectivity index (χ0) is 20.5. The number of aryl methyl sites for hydroxylation is 3. The maximum Gasteiger partial charge on any atom is 0.216 e. The lowest BCUT2D eigenvalue weighted by Gasteiger charge is -2.11. The van der Waals surface area contributed by atoms with Crippen LogP contribution in [0, 0.1) is 6.92 Å². The van der Waals surface area contributed by atoms with Gasteiger partial charge in [0.15, 0.2) is 0 Å². The Bertz CT molecular complexity index is 933. The minimum atomic E-state index is 0.0414. The number of imidazole rings is 1.